The summed E-state index contributed by atoms with van der Waals surface area (Å²) in [4.78, 5) is 8.17. The van der Waals surface area contributed by atoms with Crippen LogP contribution in [-0.4, -0.2) is 65.1 Å². The molecule has 0 amide bonds. The normalized spacial score (nSPS) is 16.0. The van der Waals surface area contributed by atoms with Crippen LogP contribution in [0.3, 0.4) is 0 Å². The maximum absolute atomic E-state index is 5.25. The van der Waals surface area contributed by atoms with Crippen molar-refractivity contribution >= 4 is 5.69 Å². The van der Waals surface area contributed by atoms with Crippen LogP contribution >= 0.6 is 0 Å². The first-order valence-electron chi connectivity index (χ1n) is 10.5. The minimum absolute atomic E-state index is 0.0700. The highest BCUT2D eigenvalue weighted by Gasteiger charge is 2.34. The van der Waals surface area contributed by atoms with Crippen LogP contribution in [0.25, 0.3) is 0 Å². The van der Waals surface area contributed by atoms with E-state index in [0.29, 0.717) is 13.2 Å². The summed E-state index contributed by atoms with van der Waals surface area (Å²) in [5.41, 5.74) is 5.25. The molecule has 0 aliphatic carbocycles. The zero-order valence-corrected chi connectivity index (χ0v) is 18.0. The molecule has 2 aromatic heterocycles. The fourth-order valence-electron chi connectivity index (χ4n) is 4.28. The molecule has 158 valence electrons. The number of anilines is 1. The lowest BCUT2D eigenvalue weighted by molar-refractivity contribution is -0.927. The van der Waals surface area contributed by atoms with E-state index in [4.69, 9.17) is 4.74 Å². The molecule has 1 fully saturated rings. The molecule has 0 bridgehead atoms. The smallest absolute Gasteiger partial charge is 0.214 e. The van der Waals surface area contributed by atoms with Gasteiger partial charge in [0.1, 0.15) is 0 Å². The van der Waals surface area contributed by atoms with Gasteiger partial charge in [-0.1, -0.05) is 12.1 Å². The standard InChI is InChI=1S/C22H29N7O/c1-17-5-4-6-20(18(17)2)27-11-13-28(14-12-27)21(19-7-9-23-10-8-19)22-24-25-26-29(22)15-16-30-3/h4-10,21H,11-16H2,1-3H3/p+1/t21-/m0/s1. The third-order valence-electron chi connectivity index (χ3n) is 6.10. The second-order valence-corrected chi connectivity index (χ2v) is 7.83. The molecular weight excluding hydrogens is 378 g/mol. The number of benzene rings is 1. The highest BCUT2D eigenvalue weighted by molar-refractivity contribution is 5.56. The minimum atomic E-state index is 0.0700. The largest absolute Gasteiger partial charge is 0.383 e. The Kier molecular flexibility index (Phi) is 6.35. The lowest BCUT2D eigenvalue weighted by atomic mass is 10.0. The van der Waals surface area contributed by atoms with Gasteiger partial charge in [-0.3, -0.25) is 4.98 Å². The molecule has 8 heteroatoms. The predicted octanol–water partition coefficient (Wildman–Crippen LogP) is 0.826. The molecule has 1 aliphatic rings. The molecule has 3 aromatic rings. The summed E-state index contributed by atoms with van der Waals surface area (Å²) in [6, 6.07) is 10.8. The molecule has 1 aromatic carbocycles. The molecule has 30 heavy (non-hydrogen) atoms. The molecule has 1 atom stereocenters. The Morgan fingerprint density at radius 1 is 1.10 bits per heavy atom. The van der Waals surface area contributed by atoms with E-state index in [2.05, 4.69) is 69.6 Å². The zero-order chi connectivity index (χ0) is 20.9. The summed E-state index contributed by atoms with van der Waals surface area (Å²) in [5.74, 6) is 0.883. The number of hydrogen-bond acceptors (Lipinski definition) is 6. The van der Waals surface area contributed by atoms with Gasteiger partial charge in [0.05, 0.1) is 39.3 Å². The number of pyridine rings is 1. The molecule has 0 unspecified atom stereocenters. The van der Waals surface area contributed by atoms with Crippen molar-refractivity contribution in [3.8, 4) is 0 Å². The van der Waals surface area contributed by atoms with Gasteiger partial charge in [0.15, 0.2) is 6.04 Å². The third kappa shape index (κ3) is 4.20. The fourth-order valence-corrected chi connectivity index (χ4v) is 4.28. The lowest BCUT2D eigenvalue weighted by Crippen LogP contribution is -3.15. The van der Waals surface area contributed by atoms with Crippen LogP contribution in [0, 0.1) is 13.8 Å². The van der Waals surface area contributed by atoms with Crippen molar-refractivity contribution in [2.24, 2.45) is 0 Å². The summed E-state index contributed by atoms with van der Waals surface area (Å²) in [6.07, 6.45) is 3.69. The van der Waals surface area contributed by atoms with Gasteiger partial charge in [-0.2, -0.15) is 0 Å². The highest BCUT2D eigenvalue weighted by atomic mass is 16.5. The van der Waals surface area contributed by atoms with Gasteiger partial charge in [0.25, 0.3) is 0 Å². The van der Waals surface area contributed by atoms with Crippen LogP contribution in [0.1, 0.15) is 28.6 Å². The topological polar surface area (TPSA) is 73.4 Å². The van der Waals surface area contributed by atoms with Gasteiger partial charge < -0.3 is 14.5 Å². The minimum Gasteiger partial charge on any atom is -0.383 e. The van der Waals surface area contributed by atoms with Crippen molar-refractivity contribution in [2.75, 3.05) is 44.8 Å². The maximum Gasteiger partial charge on any atom is 0.214 e. The number of aryl methyl sites for hydroxylation is 1. The van der Waals surface area contributed by atoms with Crippen molar-refractivity contribution in [2.45, 2.75) is 26.4 Å². The number of rotatable bonds is 7. The number of ether oxygens (including phenoxy) is 1. The van der Waals surface area contributed by atoms with Gasteiger partial charge in [0, 0.05) is 30.8 Å². The van der Waals surface area contributed by atoms with E-state index >= 15 is 0 Å². The van der Waals surface area contributed by atoms with Gasteiger partial charge in [-0.05, 0) is 53.6 Å². The maximum atomic E-state index is 5.25. The molecule has 0 radical (unpaired) electrons. The van der Waals surface area contributed by atoms with Crippen LogP contribution in [0.2, 0.25) is 0 Å². The number of nitrogens with one attached hydrogen (secondary N) is 1. The van der Waals surface area contributed by atoms with Gasteiger partial charge in [-0.15, -0.1) is 5.10 Å². The number of methoxy groups -OCH3 is 1. The average molecular weight is 409 g/mol. The number of piperazine rings is 1. The van der Waals surface area contributed by atoms with Crippen LogP contribution < -0.4 is 9.80 Å². The molecule has 1 aliphatic heterocycles. The van der Waals surface area contributed by atoms with Gasteiger partial charge in [0.2, 0.25) is 5.82 Å². The molecule has 0 saturated carbocycles. The Morgan fingerprint density at radius 2 is 1.87 bits per heavy atom. The molecule has 1 N–H and O–H groups in total. The number of aromatic nitrogens is 5. The molecular formula is C22H30N7O+. The quantitative estimate of drug-likeness (QED) is 0.624. The molecule has 1 saturated heterocycles. The Bertz CT molecular complexity index is 951. The second kappa shape index (κ2) is 9.32. The molecule has 3 heterocycles. The van der Waals surface area contributed by atoms with E-state index < -0.39 is 0 Å². The molecule has 8 nitrogen and oxygen atoms in total. The van der Waals surface area contributed by atoms with Crippen molar-refractivity contribution in [1.29, 1.82) is 0 Å². The average Bonchev–Trinajstić information content (AvgIpc) is 3.24. The Hall–Kier alpha value is -2.84. The van der Waals surface area contributed by atoms with Crippen LogP contribution in [0.5, 0.6) is 0 Å². The monoisotopic (exact) mass is 408 g/mol. The number of quaternary nitrogens is 1. The van der Waals surface area contributed by atoms with Crippen molar-refractivity contribution in [3.63, 3.8) is 0 Å². The number of nitrogens with zero attached hydrogens (tertiary/aromatic N) is 6. The van der Waals surface area contributed by atoms with E-state index in [9.17, 15) is 0 Å². The van der Waals surface area contributed by atoms with E-state index in [0.717, 1.165) is 32.0 Å². The highest BCUT2D eigenvalue weighted by Crippen LogP contribution is 2.23. The molecule has 0 spiro atoms. The number of tetrazole rings is 1. The lowest BCUT2D eigenvalue weighted by Gasteiger charge is -2.38. The second-order valence-electron chi connectivity index (χ2n) is 7.83. The summed E-state index contributed by atoms with van der Waals surface area (Å²) in [5, 5.41) is 12.6. The van der Waals surface area contributed by atoms with Crippen molar-refractivity contribution in [3.05, 3.63) is 65.2 Å². The number of hydrogen-bond donors (Lipinski definition) is 1. The Balaban J connectivity index is 1.57. The fraction of sp³-hybridized carbons (Fsp3) is 0.455. The first-order chi connectivity index (χ1) is 14.7. The summed E-state index contributed by atoms with van der Waals surface area (Å²) < 4.78 is 7.12. The first kappa shape index (κ1) is 20.4. The summed E-state index contributed by atoms with van der Waals surface area (Å²) in [6.45, 7) is 9.64. The van der Waals surface area contributed by atoms with Crippen molar-refractivity contribution in [1.82, 2.24) is 25.2 Å². The van der Waals surface area contributed by atoms with Crippen LogP contribution in [0.4, 0.5) is 5.69 Å². The summed E-state index contributed by atoms with van der Waals surface area (Å²) >= 11 is 0. The van der Waals surface area contributed by atoms with Crippen molar-refractivity contribution < 1.29 is 9.64 Å². The SMILES string of the molecule is COCCn1nnnc1[C@H](c1ccncc1)[NH+]1CCN(c2cccc(C)c2C)CC1. The van der Waals surface area contributed by atoms with Gasteiger partial charge >= 0.3 is 0 Å². The van der Waals surface area contributed by atoms with E-state index in [1.165, 1.54) is 27.3 Å². The van der Waals surface area contributed by atoms with E-state index in [-0.39, 0.29) is 6.04 Å². The van der Waals surface area contributed by atoms with E-state index in [1.54, 1.807) is 7.11 Å². The first-order valence-corrected chi connectivity index (χ1v) is 10.5. The molecule has 4 rings (SSSR count). The van der Waals surface area contributed by atoms with Crippen LogP contribution in [0.15, 0.2) is 42.7 Å². The Morgan fingerprint density at radius 3 is 2.60 bits per heavy atom. The summed E-state index contributed by atoms with van der Waals surface area (Å²) in [7, 11) is 1.70. The zero-order valence-electron chi connectivity index (χ0n) is 18.0. The third-order valence-corrected chi connectivity index (χ3v) is 6.10. The van der Waals surface area contributed by atoms with Gasteiger partial charge in [-0.25, -0.2) is 4.68 Å². The van der Waals surface area contributed by atoms with E-state index in [1.807, 2.05) is 17.1 Å². The van der Waals surface area contributed by atoms with Crippen LogP contribution in [-0.2, 0) is 11.3 Å². The Labute approximate surface area is 177 Å². The predicted molar refractivity (Wildman–Crippen MR) is 115 cm³/mol.